The molecule has 4 nitrogen and oxygen atoms in total. The van der Waals surface area contributed by atoms with E-state index in [1.54, 1.807) is 4.90 Å². The molecule has 2 rings (SSSR count). The maximum absolute atomic E-state index is 13.6. The summed E-state index contributed by atoms with van der Waals surface area (Å²) in [6.45, 7) is 0.877. The molecule has 0 spiro atoms. The second-order valence-corrected chi connectivity index (χ2v) is 4.10. The number of carbonyl (C=O) groups is 1. The third-order valence-corrected chi connectivity index (χ3v) is 3.02. The van der Waals surface area contributed by atoms with Crippen molar-refractivity contribution in [2.75, 3.05) is 37.7 Å². The number of hydrogen-bond donors (Lipinski definition) is 1. The predicted octanol–water partition coefficient (Wildman–Crippen LogP) is 0.606. The van der Waals surface area contributed by atoms with Crippen LogP contribution in [0, 0.1) is 11.6 Å². The Kier molecular flexibility index (Phi) is 3.76. The number of piperazine rings is 1. The van der Waals surface area contributed by atoms with Crippen molar-refractivity contribution in [3.63, 3.8) is 0 Å². The number of rotatable bonds is 2. The third kappa shape index (κ3) is 2.43. The second kappa shape index (κ2) is 5.30. The average Bonchev–Trinajstić information content (AvgIpc) is 2.38. The van der Waals surface area contributed by atoms with Crippen molar-refractivity contribution in [1.29, 1.82) is 0 Å². The molecule has 1 fully saturated rings. The van der Waals surface area contributed by atoms with Crippen LogP contribution in [-0.2, 0) is 4.79 Å². The van der Waals surface area contributed by atoms with Crippen molar-refractivity contribution in [3.05, 3.63) is 29.8 Å². The molecule has 18 heavy (non-hydrogen) atoms. The molecule has 0 aromatic heterocycles. The van der Waals surface area contributed by atoms with E-state index in [0.29, 0.717) is 26.2 Å². The van der Waals surface area contributed by atoms with E-state index in [2.05, 4.69) is 0 Å². The van der Waals surface area contributed by atoms with Gasteiger partial charge in [0, 0.05) is 26.2 Å². The lowest BCUT2D eigenvalue weighted by atomic mass is 10.2. The summed E-state index contributed by atoms with van der Waals surface area (Å²) >= 11 is 0. The number of anilines is 1. The summed E-state index contributed by atoms with van der Waals surface area (Å²) < 4.78 is 27.1. The van der Waals surface area contributed by atoms with Crippen molar-refractivity contribution in [2.45, 2.75) is 0 Å². The largest absolute Gasteiger partial charge is 0.387 e. The van der Waals surface area contributed by atoms with Crippen LogP contribution in [0.2, 0.25) is 0 Å². The smallest absolute Gasteiger partial charge is 0.248 e. The monoisotopic (exact) mass is 256 g/mol. The van der Waals surface area contributed by atoms with E-state index >= 15 is 0 Å². The number of hydrogen-bond acceptors (Lipinski definition) is 3. The van der Waals surface area contributed by atoms with Gasteiger partial charge in [0.25, 0.3) is 0 Å². The highest BCUT2D eigenvalue weighted by molar-refractivity contribution is 5.77. The molecule has 0 radical (unpaired) electrons. The van der Waals surface area contributed by atoms with E-state index in [1.807, 2.05) is 0 Å². The zero-order valence-electron chi connectivity index (χ0n) is 9.77. The fraction of sp³-hybridized carbons (Fsp3) is 0.417. The van der Waals surface area contributed by atoms with E-state index in [4.69, 9.17) is 5.11 Å². The van der Waals surface area contributed by atoms with E-state index in [1.165, 1.54) is 23.1 Å². The highest BCUT2D eigenvalue weighted by Gasteiger charge is 2.24. The Morgan fingerprint density at radius 3 is 2.22 bits per heavy atom. The topological polar surface area (TPSA) is 43.8 Å². The molecule has 1 aromatic carbocycles. The number of aliphatic hydroxyl groups excluding tert-OH is 1. The fourth-order valence-corrected chi connectivity index (χ4v) is 2.07. The van der Waals surface area contributed by atoms with Gasteiger partial charge in [-0.3, -0.25) is 4.79 Å². The second-order valence-electron chi connectivity index (χ2n) is 4.10. The number of amides is 1. The Balaban J connectivity index is 2.08. The van der Waals surface area contributed by atoms with Crippen molar-refractivity contribution < 1.29 is 18.7 Å². The Morgan fingerprint density at radius 2 is 1.72 bits per heavy atom. The molecule has 6 heteroatoms. The van der Waals surface area contributed by atoms with Crippen molar-refractivity contribution >= 4 is 11.6 Å². The van der Waals surface area contributed by atoms with Crippen LogP contribution in [0.1, 0.15) is 0 Å². The van der Waals surface area contributed by atoms with E-state index in [0.717, 1.165) is 0 Å². The molecule has 0 aliphatic carbocycles. The van der Waals surface area contributed by atoms with Gasteiger partial charge in [0.05, 0.1) is 0 Å². The first-order valence-corrected chi connectivity index (χ1v) is 5.71. The summed E-state index contributed by atoms with van der Waals surface area (Å²) in [6, 6.07) is 3.74. The van der Waals surface area contributed by atoms with Crippen molar-refractivity contribution in [1.82, 2.24) is 4.90 Å². The molecule has 1 aliphatic heterocycles. The minimum Gasteiger partial charge on any atom is -0.387 e. The summed E-state index contributed by atoms with van der Waals surface area (Å²) in [5.74, 6) is -1.56. The Hall–Kier alpha value is -1.69. The minimum absolute atomic E-state index is 0.0476. The maximum Gasteiger partial charge on any atom is 0.248 e. The molecule has 1 heterocycles. The first kappa shape index (κ1) is 12.8. The first-order chi connectivity index (χ1) is 8.63. The number of carbonyl (C=O) groups excluding carboxylic acids is 1. The van der Waals surface area contributed by atoms with Gasteiger partial charge in [-0.15, -0.1) is 0 Å². The predicted molar refractivity (Wildman–Crippen MR) is 62.2 cm³/mol. The molecule has 1 saturated heterocycles. The SMILES string of the molecule is O=C(CO)N1CCN(c2c(F)cccc2F)CC1. The zero-order valence-corrected chi connectivity index (χ0v) is 9.77. The standard InChI is InChI=1S/C12H14F2N2O2/c13-9-2-1-3-10(14)12(9)16-6-4-15(5-7-16)11(18)8-17/h1-3,17H,4-8H2. The molecule has 1 aromatic rings. The van der Waals surface area contributed by atoms with Gasteiger partial charge in [0.1, 0.15) is 23.9 Å². The van der Waals surface area contributed by atoms with Gasteiger partial charge in [0.15, 0.2) is 0 Å². The summed E-state index contributed by atoms with van der Waals surface area (Å²) in [5, 5.41) is 8.73. The van der Waals surface area contributed by atoms with Gasteiger partial charge in [-0.1, -0.05) is 6.07 Å². The summed E-state index contributed by atoms with van der Waals surface area (Å²) in [5.41, 5.74) is -0.0476. The lowest BCUT2D eigenvalue weighted by Gasteiger charge is -2.36. The fourth-order valence-electron chi connectivity index (χ4n) is 2.07. The quantitative estimate of drug-likeness (QED) is 0.843. The van der Waals surface area contributed by atoms with Crippen LogP contribution in [0.5, 0.6) is 0 Å². The normalized spacial score (nSPS) is 15.9. The van der Waals surface area contributed by atoms with Crippen LogP contribution >= 0.6 is 0 Å². The van der Waals surface area contributed by atoms with Crippen LogP contribution in [0.4, 0.5) is 14.5 Å². The van der Waals surface area contributed by atoms with E-state index in [-0.39, 0.29) is 11.6 Å². The molecular weight excluding hydrogens is 242 g/mol. The third-order valence-electron chi connectivity index (χ3n) is 3.02. The summed E-state index contributed by atoms with van der Waals surface area (Å²) in [7, 11) is 0. The number of para-hydroxylation sites is 1. The highest BCUT2D eigenvalue weighted by Crippen LogP contribution is 2.24. The van der Waals surface area contributed by atoms with Crippen LogP contribution in [0.15, 0.2) is 18.2 Å². The van der Waals surface area contributed by atoms with Crippen LogP contribution < -0.4 is 4.90 Å². The molecule has 98 valence electrons. The Bertz CT molecular complexity index is 425. The Labute approximate surface area is 103 Å². The van der Waals surface area contributed by atoms with Gasteiger partial charge in [-0.25, -0.2) is 8.78 Å². The molecule has 0 unspecified atom stereocenters. The maximum atomic E-state index is 13.6. The molecule has 1 amide bonds. The summed E-state index contributed by atoms with van der Waals surface area (Å²) in [4.78, 5) is 14.3. The van der Waals surface area contributed by atoms with Crippen molar-refractivity contribution in [2.24, 2.45) is 0 Å². The molecular formula is C12H14F2N2O2. The summed E-state index contributed by atoms with van der Waals surface area (Å²) in [6.07, 6.45) is 0. The molecule has 1 aliphatic rings. The highest BCUT2D eigenvalue weighted by atomic mass is 19.1. The average molecular weight is 256 g/mol. The molecule has 0 atom stereocenters. The van der Waals surface area contributed by atoms with Gasteiger partial charge >= 0.3 is 0 Å². The lowest BCUT2D eigenvalue weighted by Crippen LogP contribution is -2.50. The van der Waals surface area contributed by atoms with Gasteiger partial charge < -0.3 is 14.9 Å². The molecule has 0 bridgehead atoms. The first-order valence-electron chi connectivity index (χ1n) is 5.71. The number of nitrogens with zero attached hydrogens (tertiary/aromatic N) is 2. The van der Waals surface area contributed by atoms with E-state index < -0.39 is 18.2 Å². The van der Waals surface area contributed by atoms with Crippen LogP contribution in [-0.4, -0.2) is 48.7 Å². The van der Waals surface area contributed by atoms with Gasteiger partial charge in [-0.2, -0.15) is 0 Å². The molecule has 0 saturated carbocycles. The van der Waals surface area contributed by atoms with Gasteiger partial charge in [0.2, 0.25) is 5.91 Å². The number of benzene rings is 1. The van der Waals surface area contributed by atoms with Gasteiger partial charge in [-0.05, 0) is 12.1 Å². The molecule has 1 N–H and O–H groups in total. The van der Waals surface area contributed by atoms with E-state index in [9.17, 15) is 13.6 Å². The van der Waals surface area contributed by atoms with Crippen LogP contribution in [0.3, 0.4) is 0 Å². The minimum atomic E-state index is -0.600. The Morgan fingerprint density at radius 1 is 1.17 bits per heavy atom. The van der Waals surface area contributed by atoms with Crippen molar-refractivity contribution in [3.8, 4) is 0 Å². The zero-order chi connectivity index (χ0) is 13.1. The number of aliphatic hydroxyl groups is 1. The number of halogens is 2. The lowest BCUT2D eigenvalue weighted by molar-refractivity contribution is -0.134. The van der Waals surface area contributed by atoms with Crippen LogP contribution in [0.25, 0.3) is 0 Å².